The highest BCUT2D eigenvalue weighted by molar-refractivity contribution is 6.35. The highest BCUT2D eigenvalue weighted by Crippen LogP contribution is 2.38. The molecule has 0 radical (unpaired) electrons. The third-order valence-electron chi connectivity index (χ3n) is 10.2. The Morgan fingerprint density at radius 3 is 2.40 bits per heavy atom. The number of nitrogens with one attached hydrogen (secondary N) is 2. The lowest BCUT2D eigenvalue weighted by Crippen LogP contribution is -2.52. The van der Waals surface area contributed by atoms with E-state index in [9.17, 15) is 18.4 Å². The highest BCUT2D eigenvalue weighted by atomic mass is 35.5. The predicted molar refractivity (Wildman–Crippen MR) is 199 cm³/mol. The van der Waals surface area contributed by atoms with Crippen LogP contribution in [0.25, 0.3) is 0 Å². The molecule has 290 valence electrons. The number of fused-ring (bicyclic) bond motifs is 3. The van der Waals surface area contributed by atoms with Crippen LogP contribution in [0.5, 0.6) is 17.4 Å². The molecule has 0 amide bonds. The molecule has 2 aromatic heterocycles. The zero-order chi connectivity index (χ0) is 38.5. The van der Waals surface area contributed by atoms with Crippen molar-refractivity contribution >= 4 is 40.8 Å². The van der Waals surface area contributed by atoms with Gasteiger partial charge in [0.05, 0.1) is 19.3 Å². The normalized spacial score (nSPS) is 20.0. The molecule has 1 saturated carbocycles. The molecule has 1 aliphatic carbocycles. The summed E-state index contributed by atoms with van der Waals surface area (Å²) in [6.07, 6.45) is 7.43. The fourth-order valence-corrected chi connectivity index (χ4v) is 7.46. The first-order valence-electron chi connectivity index (χ1n) is 18.2. The number of esters is 2. The number of hydrogen-bond donors (Lipinski definition) is 1. The summed E-state index contributed by atoms with van der Waals surface area (Å²) >= 11 is 13.0. The number of ether oxygens (including phenoxy) is 5. The van der Waals surface area contributed by atoms with Crippen LogP contribution in [0.3, 0.4) is 0 Å². The van der Waals surface area contributed by atoms with E-state index in [0.29, 0.717) is 63.3 Å². The van der Waals surface area contributed by atoms with Gasteiger partial charge in [-0.3, -0.25) is 4.90 Å². The Kier molecular flexibility index (Phi) is 12.2. The lowest BCUT2D eigenvalue weighted by molar-refractivity contribution is -0.377. The summed E-state index contributed by atoms with van der Waals surface area (Å²) < 4.78 is 54.7. The van der Waals surface area contributed by atoms with Crippen LogP contribution < -0.4 is 24.5 Å². The second-order valence-electron chi connectivity index (χ2n) is 14.0. The molecule has 2 bridgehead atoms. The van der Waals surface area contributed by atoms with Crippen molar-refractivity contribution in [2.45, 2.75) is 57.0 Å². The minimum atomic E-state index is -3.07. The number of H-pyrrole nitrogens is 1. The van der Waals surface area contributed by atoms with Gasteiger partial charge in [0.1, 0.15) is 22.3 Å². The van der Waals surface area contributed by atoms with Gasteiger partial charge in [0, 0.05) is 42.0 Å². The fourth-order valence-electron chi connectivity index (χ4n) is 6.93. The van der Waals surface area contributed by atoms with Gasteiger partial charge in [0.25, 0.3) is 0 Å². The van der Waals surface area contributed by atoms with E-state index < -0.39 is 30.7 Å². The molecule has 55 heavy (non-hydrogen) atoms. The van der Waals surface area contributed by atoms with Crippen molar-refractivity contribution in [3.8, 4) is 17.4 Å². The van der Waals surface area contributed by atoms with Gasteiger partial charge in [0.2, 0.25) is 5.88 Å². The topological polar surface area (TPSA) is 123 Å². The van der Waals surface area contributed by atoms with Gasteiger partial charge in [-0.1, -0.05) is 35.3 Å². The summed E-state index contributed by atoms with van der Waals surface area (Å²) in [5.41, 5.74) is 2.12. The van der Waals surface area contributed by atoms with E-state index in [4.69, 9.17) is 46.9 Å². The Morgan fingerprint density at radius 2 is 1.75 bits per heavy atom. The number of methoxy groups -OCH3 is 1. The van der Waals surface area contributed by atoms with E-state index in [0.717, 1.165) is 38.8 Å². The van der Waals surface area contributed by atoms with Crippen molar-refractivity contribution in [1.82, 2.24) is 9.88 Å². The molecule has 5 heterocycles. The molecule has 3 saturated heterocycles. The molecular formula is C40H41Cl2F2N4O7+. The van der Waals surface area contributed by atoms with Gasteiger partial charge >= 0.3 is 18.6 Å². The number of pyridine rings is 2. The third kappa shape index (κ3) is 9.75. The molecule has 3 aliphatic heterocycles. The quantitative estimate of drug-likeness (QED) is 0.114. The zero-order valence-electron chi connectivity index (χ0n) is 30.0. The number of halogens is 4. The van der Waals surface area contributed by atoms with Gasteiger partial charge in [-0.25, -0.2) is 19.6 Å². The minimum absolute atomic E-state index is 0.0467. The summed E-state index contributed by atoms with van der Waals surface area (Å²) in [6.45, 7) is -0.0282. The van der Waals surface area contributed by atoms with Gasteiger partial charge in [0.15, 0.2) is 29.9 Å². The molecule has 1 unspecified atom stereocenters. The van der Waals surface area contributed by atoms with Crippen molar-refractivity contribution in [3.05, 3.63) is 105 Å². The van der Waals surface area contributed by atoms with Gasteiger partial charge < -0.3 is 29.0 Å². The van der Waals surface area contributed by atoms with Crippen LogP contribution in [0.1, 0.15) is 64.9 Å². The number of nitrogens with zero attached hydrogens (tertiary/aromatic N) is 2. The number of rotatable bonds is 16. The molecule has 15 heteroatoms. The van der Waals surface area contributed by atoms with Crippen LogP contribution in [-0.4, -0.2) is 67.9 Å². The van der Waals surface area contributed by atoms with Gasteiger partial charge in [-0.15, -0.1) is 0 Å². The number of carbonyl (C=O) groups excluding carboxylic acids is 2. The number of hydrogen-bond acceptors (Lipinski definition) is 10. The molecule has 4 aromatic rings. The average molecular weight is 799 g/mol. The molecule has 2 N–H and O–H groups in total. The summed E-state index contributed by atoms with van der Waals surface area (Å²) in [6, 6.07) is 13.4. The number of alkyl halides is 2. The summed E-state index contributed by atoms with van der Waals surface area (Å²) in [5, 5.41) is 3.88. The molecule has 11 nitrogen and oxygen atoms in total. The average Bonchev–Trinajstić information content (AvgIpc) is 4.03. The Morgan fingerprint density at radius 1 is 0.982 bits per heavy atom. The summed E-state index contributed by atoms with van der Waals surface area (Å²) in [7, 11) is 1.51. The minimum Gasteiger partial charge on any atom is -0.489 e. The van der Waals surface area contributed by atoms with E-state index in [1.165, 1.54) is 25.3 Å². The molecule has 3 atom stereocenters. The first-order chi connectivity index (χ1) is 26.6. The van der Waals surface area contributed by atoms with E-state index in [1.807, 2.05) is 0 Å². The monoisotopic (exact) mass is 797 g/mol. The maximum absolute atomic E-state index is 14.0. The number of aromatic nitrogens is 2. The first kappa shape index (κ1) is 38.6. The van der Waals surface area contributed by atoms with Gasteiger partial charge in [-0.05, 0) is 92.6 Å². The Hall–Kier alpha value is -4.72. The van der Waals surface area contributed by atoms with E-state index in [-0.39, 0.29) is 29.6 Å². The number of anilines is 1. The van der Waals surface area contributed by atoms with Crippen molar-refractivity contribution in [1.29, 1.82) is 0 Å². The van der Waals surface area contributed by atoms with E-state index >= 15 is 0 Å². The van der Waals surface area contributed by atoms with Crippen molar-refractivity contribution in [2.24, 2.45) is 11.8 Å². The van der Waals surface area contributed by atoms with Crippen molar-refractivity contribution < 1.29 is 47.0 Å². The van der Waals surface area contributed by atoms with Crippen LogP contribution in [0.4, 0.5) is 14.5 Å². The molecule has 4 aliphatic rings. The summed E-state index contributed by atoms with van der Waals surface area (Å²) in [5.74, 6) is -0.176. The van der Waals surface area contributed by atoms with E-state index in [1.54, 1.807) is 55.0 Å². The Balaban J connectivity index is 1.14. The molecule has 8 rings (SSSR count). The molecule has 2 aromatic carbocycles. The molecule has 4 fully saturated rings. The maximum atomic E-state index is 14.0. The SMILES string of the molecule is COc1ccc(C(Nc2cccc(C(=O)O[C@@H](Cc3c(Cl)c[nH+]cc3Cl)c3ccc(OC(F)F)c(OCC4CC4)c3)c2)C(=O)O[C@H]2CN3CCC2CC3)cn1. The zero-order valence-corrected chi connectivity index (χ0v) is 31.5. The lowest BCUT2D eigenvalue weighted by Gasteiger charge is -2.44. The number of benzene rings is 2. The highest BCUT2D eigenvalue weighted by Gasteiger charge is 2.38. The Bertz CT molecular complexity index is 1960. The second kappa shape index (κ2) is 17.4. The smallest absolute Gasteiger partial charge is 0.387 e. The van der Waals surface area contributed by atoms with Crippen LogP contribution in [0.2, 0.25) is 10.0 Å². The van der Waals surface area contributed by atoms with Crippen LogP contribution in [0, 0.1) is 11.8 Å². The number of aromatic amines is 1. The second-order valence-corrected chi connectivity index (χ2v) is 14.8. The van der Waals surface area contributed by atoms with Crippen molar-refractivity contribution in [3.63, 3.8) is 0 Å². The largest absolute Gasteiger partial charge is 0.489 e. The van der Waals surface area contributed by atoms with Crippen LogP contribution in [0.15, 0.2) is 73.2 Å². The van der Waals surface area contributed by atoms with Gasteiger partial charge in [-0.2, -0.15) is 8.78 Å². The van der Waals surface area contributed by atoms with Crippen molar-refractivity contribution in [2.75, 3.05) is 38.7 Å². The summed E-state index contributed by atoms with van der Waals surface area (Å²) in [4.78, 5) is 37.3. The van der Waals surface area contributed by atoms with E-state index in [2.05, 4.69) is 20.2 Å². The lowest BCUT2D eigenvalue weighted by atomic mass is 9.86. The number of piperidine rings is 3. The molecule has 0 spiro atoms. The molecular weight excluding hydrogens is 757 g/mol. The van der Waals surface area contributed by atoms with Crippen LogP contribution in [-0.2, 0) is 20.7 Å². The standard InChI is InChI=1S/C40H40Cl2F2N4O7/c1-51-36-10-8-27(18-46-36)37(39(50)54-35-21-48-13-11-24(35)12-14-48)47-28-4-2-3-26(15-28)38(49)53-33(17-29-30(41)19-45-20-31(29)42)25-7-9-32(55-40(43)44)34(16-25)52-22-23-5-6-23/h2-4,7-10,15-16,18-20,23-24,33,35,37,40,47H,5-6,11-14,17,21-22H2,1H3/p+1/t33-,35-,37?/m0/s1. The third-order valence-corrected chi connectivity index (χ3v) is 10.8. The predicted octanol–water partition coefficient (Wildman–Crippen LogP) is 7.53. The Labute approximate surface area is 327 Å². The first-order valence-corrected chi connectivity index (χ1v) is 18.9. The maximum Gasteiger partial charge on any atom is 0.387 e. The number of carbonyl (C=O) groups is 2. The fraction of sp³-hybridized carbons (Fsp3) is 0.400. The van der Waals surface area contributed by atoms with Crippen LogP contribution >= 0.6 is 23.2 Å².